The summed E-state index contributed by atoms with van der Waals surface area (Å²) >= 11 is 0. The van der Waals surface area contributed by atoms with Crippen LogP contribution in [0.1, 0.15) is 25.7 Å². The van der Waals surface area contributed by atoms with Gasteiger partial charge in [0.05, 0.1) is 6.26 Å². The zero-order valence-corrected chi connectivity index (χ0v) is 12.1. The molecule has 18 heavy (non-hydrogen) atoms. The highest BCUT2D eigenvalue weighted by molar-refractivity contribution is 7.88. The van der Waals surface area contributed by atoms with Crippen molar-refractivity contribution in [3.63, 3.8) is 0 Å². The molecule has 1 saturated carbocycles. The molecule has 1 N–H and O–H groups in total. The number of nitrogens with one attached hydrogen (secondary N) is 1. The lowest BCUT2D eigenvalue weighted by molar-refractivity contribution is 0.188. The van der Waals surface area contributed by atoms with Gasteiger partial charge in [0.25, 0.3) is 0 Å². The Kier molecular flexibility index (Phi) is 5.00. The molecular weight excluding hydrogens is 250 g/mol. The Morgan fingerprint density at radius 1 is 1.11 bits per heavy atom. The van der Waals surface area contributed by atoms with Gasteiger partial charge in [0.2, 0.25) is 10.0 Å². The van der Waals surface area contributed by atoms with Crippen molar-refractivity contribution < 1.29 is 8.42 Å². The molecule has 0 radical (unpaired) electrons. The first-order valence-electron chi connectivity index (χ1n) is 6.96. The summed E-state index contributed by atoms with van der Waals surface area (Å²) in [5.74, 6) is 0. The third-order valence-corrected chi connectivity index (χ3v) is 5.32. The molecule has 0 spiro atoms. The predicted molar refractivity (Wildman–Crippen MR) is 73.1 cm³/mol. The minimum atomic E-state index is -2.99. The van der Waals surface area contributed by atoms with Crippen molar-refractivity contribution in [2.24, 2.45) is 0 Å². The van der Waals surface area contributed by atoms with Crippen molar-refractivity contribution in [1.82, 2.24) is 14.5 Å². The Labute approximate surface area is 111 Å². The van der Waals surface area contributed by atoms with E-state index in [2.05, 4.69) is 10.2 Å². The van der Waals surface area contributed by atoms with Crippen LogP contribution in [0.15, 0.2) is 0 Å². The second-order valence-electron chi connectivity index (χ2n) is 5.44. The Morgan fingerprint density at radius 3 is 2.28 bits per heavy atom. The summed E-state index contributed by atoms with van der Waals surface area (Å²) in [6.45, 7) is 5.07. The Hall–Kier alpha value is -0.170. The lowest BCUT2D eigenvalue weighted by atomic mass is 10.2. The van der Waals surface area contributed by atoms with Crippen LogP contribution in [0.4, 0.5) is 0 Å². The van der Waals surface area contributed by atoms with Gasteiger partial charge in [0.15, 0.2) is 0 Å². The molecule has 106 valence electrons. The smallest absolute Gasteiger partial charge is 0.211 e. The maximum atomic E-state index is 11.4. The van der Waals surface area contributed by atoms with Crippen molar-refractivity contribution in [2.75, 3.05) is 45.5 Å². The zero-order valence-electron chi connectivity index (χ0n) is 11.3. The average molecular weight is 275 g/mol. The molecule has 0 amide bonds. The molecule has 5 nitrogen and oxygen atoms in total. The number of piperazine rings is 1. The van der Waals surface area contributed by atoms with Crippen LogP contribution in [-0.4, -0.2) is 69.2 Å². The van der Waals surface area contributed by atoms with Gasteiger partial charge >= 0.3 is 0 Å². The third kappa shape index (κ3) is 4.19. The van der Waals surface area contributed by atoms with Crippen LogP contribution in [0, 0.1) is 0 Å². The molecule has 1 aliphatic heterocycles. The molecule has 2 aliphatic rings. The highest BCUT2D eigenvalue weighted by atomic mass is 32.2. The fraction of sp³-hybridized carbons (Fsp3) is 1.00. The fourth-order valence-corrected chi connectivity index (χ4v) is 3.67. The Morgan fingerprint density at radius 2 is 1.72 bits per heavy atom. The van der Waals surface area contributed by atoms with E-state index in [9.17, 15) is 8.42 Å². The van der Waals surface area contributed by atoms with Crippen LogP contribution in [0.2, 0.25) is 0 Å². The van der Waals surface area contributed by atoms with Gasteiger partial charge in [-0.1, -0.05) is 12.8 Å². The van der Waals surface area contributed by atoms with Gasteiger partial charge < -0.3 is 5.32 Å². The minimum Gasteiger partial charge on any atom is -0.313 e. The van der Waals surface area contributed by atoms with E-state index in [1.165, 1.54) is 31.9 Å². The van der Waals surface area contributed by atoms with Crippen LogP contribution in [-0.2, 0) is 10.0 Å². The second-order valence-corrected chi connectivity index (χ2v) is 7.42. The van der Waals surface area contributed by atoms with E-state index >= 15 is 0 Å². The van der Waals surface area contributed by atoms with E-state index in [1.807, 2.05) is 0 Å². The van der Waals surface area contributed by atoms with Gasteiger partial charge in [-0.25, -0.2) is 8.42 Å². The van der Waals surface area contributed by atoms with E-state index in [0.717, 1.165) is 32.2 Å². The number of hydrogen-bond acceptors (Lipinski definition) is 4. The monoisotopic (exact) mass is 275 g/mol. The second kappa shape index (κ2) is 6.32. The number of hydrogen-bond donors (Lipinski definition) is 1. The van der Waals surface area contributed by atoms with Crippen LogP contribution in [0.3, 0.4) is 0 Å². The standard InChI is InChI=1S/C12H25N3O2S/c1-18(16,17)15-10-8-14(9-11-15)7-6-13-12-4-2-3-5-12/h12-13H,2-11H2,1H3. The van der Waals surface area contributed by atoms with Crippen molar-refractivity contribution in [3.05, 3.63) is 0 Å². The van der Waals surface area contributed by atoms with E-state index in [1.54, 1.807) is 4.31 Å². The molecule has 0 unspecified atom stereocenters. The van der Waals surface area contributed by atoms with E-state index in [0.29, 0.717) is 13.1 Å². The molecule has 0 aromatic heterocycles. The van der Waals surface area contributed by atoms with Gasteiger partial charge in [-0.2, -0.15) is 4.31 Å². The van der Waals surface area contributed by atoms with E-state index in [-0.39, 0.29) is 0 Å². The van der Waals surface area contributed by atoms with Gasteiger partial charge in [-0.05, 0) is 12.8 Å². The maximum absolute atomic E-state index is 11.4. The van der Waals surface area contributed by atoms with Gasteiger partial charge in [0.1, 0.15) is 0 Å². The summed E-state index contributed by atoms with van der Waals surface area (Å²) in [5, 5.41) is 3.60. The van der Waals surface area contributed by atoms with E-state index in [4.69, 9.17) is 0 Å². The molecule has 1 aliphatic carbocycles. The highest BCUT2D eigenvalue weighted by Gasteiger charge is 2.23. The summed E-state index contributed by atoms with van der Waals surface area (Å²) in [6, 6.07) is 0.724. The summed E-state index contributed by atoms with van der Waals surface area (Å²) in [6.07, 6.45) is 6.67. The maximum Gasteiger partial charge on any atom is 0.211 e. The van der Waals surface area contributed by atoms with Gasteiger partial charge in [0, 0.05) is 45.3 Å². The Bertz CT molecular complexity index is 344. The largest absolute Gasteiger partial charge is 0.313 e. The van der Waals surface area contributed by atoms with Gasteiger partial charge in [-0.3, -0.25) is 4.90 Å². The predicted octanol–water partition coefficient (Wildman–Crippen LogP) is 0.0958. The molecule has 0 aromatic carbocycles. The SMILES string of the molecule is CS(=O)(=O)N1CCN(CCNC2CCCC2)CC1. The fourth-order valence-electron chi connectivity index (χ4n) is 2.84. The molecule has 0 atom stereocenters. The highest BCUT2D eigenvalue weighted by Crippen LogP contribution is 2.17. The summed E-state index contributed by atoms with van der Waals surface area (Å²) < 4.78 is 24.3. The van der Waals surface area contributed by atoms with E-state index < -0.39 is 10.0 Å². The molecule has 6 heteroatoms. The normalized spacial score (nSPS) is 24.7. The minimum absolute atomic E-state index is 0.641. The summed E-state index contributed by atoms with van der Waals surface area (Å²) in [7, 11) is -2.99. The topological polar surface area (TPSA) is 52.7 Å². The van der Waals surface area contributed by atoms with Crippen molar-refractivity contribution >= 4 is 10.0 Å². The molecule has 1 saturated heterocycles. The molecule has 0 aromatic rings. The number of nitrogens with zero attached hydrogens (tertiary/aromatic N) is 2. The molecule has 2 fully saturated rings. The average Bonchev–Trinajstić information content (AvgIpc) is 2.82. The number of rotatable bonds is 5. The zero-order chi connectivity index (χ0) is 13.0. The number of sulfonamides is 1. The van der Waals surface area contributed by atoms with Crippen LogP contribution in [0.25, 0.3) is 0 Å². The first kappa shape index (κ1) is 14.2. The third-order valence-electron chi connectivity index (χ3n) is 4.02. The molecule has 0 bridgehead atoms. The van der Waals surface area contributed by atoms with Crippen LogP contribution >= 0.6 is 0 Å². The van der Waals surface area contributed by atoms with Crippen molar-refractivity contribution in [2.45, 2.75) is 31.7 Å². The molecule has 2 rings (SSSR count). The van der Waals surface area contributed by atoms with Crippen molar-refractivity contribution in [1.29, 1.82) is 0 Å². The lowest BCUT2D eigenvalue weighted by Crippen LogP contribution is -2.50. The molecular formula is C12H25N3O2S. The van der Waals surface area contributed by atoms with Gasteiger partial charge in [-0.15, -0.1) is 0 Å². The summed E-state index contributed by atoms with van der Waals surface area (Å²) in [4.78, 5) is 2.35. The first-order chi connectivity index (χ1) is 8.55. The lowest BCUT2D eigenvalue weighted by Gasteiger charge is -2.33. The first-order valence-corrected chi connectivity index (χ1v) is 8.81. The summed E-state index contributed by atoms with van der Waals surface area (Å²) in [5.41, 5.74) is 0. The Balaban J connectivity index is 1.61. The molecule has 1 heterocycles. The van der Waals surface area contributed by atoms with Crippen molar-refractivity contribution in [3.8, 4) is 0 Å². The quantitative estimate of drug-likeness (QED) is 0.773. The van der Waals surface area contributed by atoms with Crippen LogP contribution in [0.5, 0.6) is 0 Å². The van der Waals surface area contributed by atoms with Crippen LogP contribution < -0.4 is 5.32 Å².